The number of rotatable bonds is 8. The van der Waals surface area contributed by atoms with Crippen molar-refractivity contribution in [3.05, 3.63) is 447 Å². The summed E-state index contributed by atoms with van der Waals surface area (Å²) in [4.78, 5) is 37.8. The van der Waals surface area contributed by atoms with Gasteiger partial charge in [0.1, 0.15) is 22.9 Å². The molecule has 2 aromatic carbocycles. The first kappa shape index (κ1) is 88.4. The van der Waals surface area contributed by atoms with Crippen LogP contribution < -0.4 is 10.6 Å². The normalized spacial score (nSPS) is 11.4. The Hall–Kier alpha value is -17.2. The van der Waals surface area contributed by atoms with Crippen LogP contribution in [0.4, 0.5) is 0 Å². The Kier molecular flexibility index (Phi) is 41.2. The lowest BCUT2D eigenvalue weighted by Crippen LogP contribution is -2.41. The molecule has 10 nitrogen and oxygen atoms in total. The number of piperidine rings is 2. The number of hydrogen-bond donors (Lipinski definition) is 4. The van der Waals surface area contributed by atoms with E-state index in [4.69, 9.17) is 0 Å². The molecule has 2 spiro atoms. The molecule has 2 saturated heterocycles. The van der Waals surface area contributed by atoms with Crippen LogP contribution >= 0.6 is 0 Å². The summed E-state index contributed by atoms with van der Waals surface area (Å²) in [5.41, 5.74) is 144. The predicted molar refractivity (Wildman–Crippen MR) is 437 cm³/mol. The second-order valence-corrected chi connectivity index (χ2v) is 23.5. The molecule has 4 N–H and O–H groups in total. The zero-order valence-corrected chi connectivity index (χ0v) is 63.1. The Balaban J connectivity index is 0.000000332. The topological polar surface area (TPSA) is 131 Å². The molecule has 115 heavy (non-hydrogen) atoms. The number of benzene rings is 2. The largest absolute Gasteiger partial charge is 0.508 e. The summed E-state index contributed by atoms with van der Waals surface area (Å²) in [6.45, 7) is 21.4. The van der Waals surface area contributed by atoms with Gasteiger partial charge in [-0.3, -0.25) is 19.6 Å². The number of pyridine rings is 2. The van der Waals surface area contributed by atoms with Gasteiger partial charge in [-0.1, -0.05) is 49.2 Å². The monoisotopic (exact) mass is 1480 g/mol. The number of phenols is 2. The molecule has 2 aliphatic heterocycles. The number of fused-ring (bicyclic) bond motifs is 2. The highest BCUT2D eigenvalue weighted by Crippen LogP contribution is 2.50. The third-order valence-electron chi connectivity index (χ3n) is 16.5. The van der Waals surface area contributed by atoms with Gasteiger partial charge in [0.05, 0.1) is 0 Å². The van der Waals surface area contributed by atoms with Crippen LogP contribution in [0, 0.1) is 10.8 Å². The van der Waals surface area contributed by atoms with Gasteiger partial charge < -0.3 is 30.6 Å². The number of aromatic hydroxyl groups is 2. The van der Waals surface area contributed by atoms with Gasteiger partial charge in [-0.15, -0.1) is 0 Å². The molecule has 0 bridgehead atoms. The van der Waals surface area contributed by atoms with E-state index in [2.05, 4.69) is 361 Å². The second-order valence-electron chi connectivity index (χ2n) is 23.5. The third-order valence-corrected chi connectivity index (χ3v) is 16.5. The molecule has 2 fully saturated rings. The number of nitrogens with zero attached hydrogens (tertiary/aromatic N) is 4. The van der Waals surface area contributed by atoms with Crippen LogP contribution in [-0.4, -0.2) is 94.2 Å². The number of aromatic nitrogens is 2. The summed E-state index contributed by atoms with van der Waals surface area (Å²) >= 11 is 0. The van der Waals surface area contributed by atoms with E-state index in [1.807, 2.05) is 70.3 Å². The maximum Gasteiger partial charge on any atom is 0.272 e. The fourth-order valence-corrected chi connectivity index (χ4v) is 11.4. The number of nitrogens with one attached hydrogen (secondary N) is 2. The van der Waals surface area contributed by atoms with Crippen molar-refractivity contribution in [2.45, 2.75) is 86.0 Å². The van der Waals surface area contributed by atoms with Crippen molar-refractivity contribution >= 4 is 17.4 Å². The Labute approximate surface area is 670 Å². The molecular formula is C105H68N6O4. The average molecular weight is 1480 g/mol. The van der Waals surface area contributed by atoms with E-state index >= 15 is 0 Å². The smallest absolute Gasteiger partial charge is 0.272 e. The van der Waals surface area contributed by atoms with Gasteiger partial charge in [0, 0.05) is 256 Å². The van der Waals surface area contributed by atoms with E-state index < -0.39 is 0 Å². The van der Waals surface area contributed by atoms with Crippen LogP contribution in [0.2, 0.25) is 0 Å². The van der Waals surface area contributed by atoms with Crippen LogP contribution in [0.1, 0.15) is 128 Å². The quantitative estimate of drug-likeness (QED) is 0.128. The lowest BCUT2D eigenvalue weighted by molar-refractivity contribution is 0.0759. The Morgan fingerprint density at radius 2 is 0.713 bits per heavy atom. The molecule has 2 amide bonds. The zero-order chi connectivity index (χ0) is 81.0. The van der Waals surface area contributed by atoms with Crippen LogP contribution in [0.25, 0.3) is 5.57 Å². The molecule has 0 saturated carbocycles. The van der Waals surface area contributed by atoms with Gasteiger partial charge in [0.2, 0.25) is 0 Å². The highest BCUT2D eigenvalue weighted by molar-refractivity contribution is 5.93. The minimum Gasteiger partial charge on any atom is -0.508 e. The molecule has 4 aromatic rings. The summed E-state index contributed by atoms with van der Waals surface area (Å²) in [5, 5.41) is 27.1. The standard InChI is InChI=1S/C56H4.C24H31N3O2.C24H29N3O2.CH4/c1-3-5-7-9-11-13-15-17-19-21-23-25-27-29-31-33-35-37-39-41-43-45-47-49-51-53-55-56-54-52-50-48-46-44-42-40-38-36-34-32-30-28-26-24-22-20-18-16-14-12-10-8-6-4-2;2*1-3-27(4-2)23(29)22-8-6-18(16-26-22)21-15-24(9-11-25-12-10-24)14-17-5-7-19(28)13-20(17)21;/h1-2H2;5-8,13,16,21,25,28H,3-4,9-12,14-15H2,1-2H3;5-8,13,15-16,25,28H,3-4,9-12,14H2,1-2H3;1H4. The zero-order valence-electron chi connectivity index (χ0n) is 63.1. The first-order chi connectivity index (χ1) is 56.0. The number of carbonyl (C=O) groups is 2. The Bertz CT molecular complexity index is 6580. The van der Waals surface area contributed by atoms with Gasteiger partial charge in [0.25, 0.3) is 11.8 Å². The molecular weight excluding hydrogens is 1410 g/mol. The summed E-state index contributed by atoms with van der Waals surface area (Å²) in [6.07, 6.45) is 13.8. The number of amides is 2. The van der Waals surface area contributed by atoms with Crippen molar-refractivity contribution in [3.8, 4) is 11.5 Å². The highest BCUT2D eigenvalue weighted by atomic mass is 16.3. The van der Waals surface area contributed by atoms with E-state index in [0.29, 0.717) is 48.7 Å². The second kappa shape index (κ2) is 53.6. The van der Waals surface area contributed by atoms with Crippen LogP contribution in [0.5, 0.6) is 11.5 Å². The molecule has 2 aliphatic carbocycles. The Morgan fingerprint density at radius 3 is 1.03 bits per heavy atom. The molecule has 4 aliphatic rings. The van der Waals surface area contributed by atoms with Crippen molar-refractivity contribution in [3.63, 3.8) is 0 Å². The third kappa shape index (κ3) is 33.2. The van der Waals surface area contributed by atoms with Crippen molar-refractivity contribution in [2.75, 3.05) is 52.4 Å². The van der Waals surface area contributed by atoms with E-state index in [0.717, 1.165) is 80.5 Å². The summed E-state index contributed by atoms with van der Waals surface area (Å²) < 4.78 is 0. The summed E-state index contributed by atoms with van der Waals surface area (Å²) in [6, 6.07) is 19.2. The minimum atomic E-state index is -0.0351. The summed E-state index contributed by atoms with van der Waals surface area (Å²) in [5.74, 6) is 0.743. The molecule has 2 aromatic heterocycles. The first-order valence-corrected chi connectivity index (χ1v) is 35.4. The number of carbonyl (C=O) groups excluding carboxylic acids is 2. The lowest BCUT2D eigenvalue weighted by atomic mass is 9.62. The van der Waals surface area contributed by atoms with Gasteiger partial charge in [0.15, 0.2) is 0 Å². The van der Waals surface area contributed by atoms with Crippen LogP contribution in [-0.2, 0) is 12.8 Å². The first-order valence-electron chi connectivity index (χ1n) is 35.4. The molecule has 1 unspecified atom stereocenters. The molecule has 10 heteroatoms. The molecule has 8 rings (SSSR count). The van der Waals surface area contributed by atoms with Crippen molar-refractivity contribution < 1.29 is 19.8 Å². The van der Waals surface area contributed by atoms with E-state index in [-0.39, 0.29) is 36.3 Å². The summed E-state index contributed by atoms with van der Waals surface area (Å²) in [7, 11) is 0. The van der Waals surface area contributed by atoms with Crippen molar-refractivity contribution in [1.82, 2.24) is 30.4 Å². The number of phenolic OH excluding ortho intramolecular Hbond substituents is 2. The highest BCUT2D eigenvalue weighted by Gasteiger charge is 2.41. The van der Waals surface area contributed by atoms with Gasteiger partial charge >= 0.3 is 0 Å². The van der Waals surface area contributed by atoms with Crippen LogP contribution in [0.15, 0.2) is 402 Å². The molecule has 4 heterocycles. The van der Waals surface area contributed by atoms with Gasteiger partial charge in [-0.25, -0.2) is 0 Å². The van der Waals surface area contributed by atoms with Gasteiger partial charge in [-0.05, 0) is 284 Å². The molecule has 1 atom stereocenters. The molecule has 542 valence electrons. The maximum absolute atomic E-state index is 12.6. The van der Waals surface area contributed by atoms with Crippen molar-refractivity contribution in [1.29, 1.82) is 0 Å². The lowest BCUT2D eigenvalue weighted by Gasteiger charge is -2.45. The van der Waals surface area contributed by atoms with Gasteiger partial charge in [-0.2, -0.15) is 0 Å². The minimum absolute atomic E-state index is 0. The Morgan fingerprint density at radius 1 is 0.400 bits per heavy atom. The molecule has 0 radical (unpaired) electrons. The predicted octanol–water partition coefficient (Wildman–Crippen LogP) is 17.2. The average Bonchev–Trinajstić information content (AvgIpc) is 0.764. The fraction of sp³-hybridized carbons (Fsp3) is 0.219. The fourth-order valence-electron chi connectivity index (χ4n) is 11.4. The van der Waals surface area contributed by atoms with E-state index in [9.17, 15) is 19.8 Å². The van der Waals surface area contributed by atoms with E-state index in [1.165, 1.54) is 29.5 Å². The maximum atomic E-state index is 12.6. The SMILES string of the molecule is C.C=C=C=C=C=C=C=C=C=C=C=C=C=C=C=C=C=C=C=C=C=C=C=C=C=C=C=C=C=C=C=C=C=C=C=C=C=C=C=C=C=C=C=C=C=C=C=C=C=C=C=C=C=C=C=C.CCN(CC)C(=O)c1ccc(C2=CC3(CCNCC3)Cc3ccc(O)cc32)cn1.CCN(CC)C(=O)c1ccc(C2CC3(CCNCC3)Cc3ccc(O)cc32)cn1. The van der Waals surface area contributed by atoms with Crippen molar-refractivity contribution in [2.24, 2.45) is 10.8 Å². The van der Waals surface area contributed by atoms with Crippen LogP contribution in [0.3, 0.4) is 0 Å². The number of hydrogen-bond acceptors (Lipinski definition) is 8. The number of allylic oxidation sites excluding steroid dienone is 1. The van der Waals surface area contributed by atoms with E-state index in [1.54, 1.807) is 28.1 Å².